The first-order chi connectivity index (χ1) is 26.8. The lowest BCUT2D eigenvalue weighted by atomic mass is 9.96. The Morgan fingerprint density at radius 2 is 1.02 bits per heavy atom. The number of benzene rings is 8. The molecule has 0 bridgehead atoms. The highest BCUT2D eigenvalue weighted by Gasteiger charge is 2.25. The first-order valence-electron chi connectivity index (χ1n) is 18.1. The summed E-state index contributed by atoms with van der Waals surface area (Å²) < 4.78 is 8.87. The predicted octanol–water partition coefficient (Wildman–Crippen LogP) is 13.6. The van der Waals surface area contributed by atoms with E-state index in [2.05, 4.69) is 103 Å². The van der Waals surface area contributed by atoms with Crippen molar-refractivity contribution >= 4 is 64.2 Å². The maximum absolute atomic E-state index is 6.23. The second-order valence-electron chi connectivity index (χ2n) is 13.9. The summed E-state index contributed by atoms with van der Waals surface area (Å²) in [7, 11) is 0. The van der Waals surface area contributed by atoms with Crippen LogP contribution in [0.2, 0.25) is 0 Å². The van der Waals surface area contributed by atoms with Crippen LogP contribution in [0, 0.1) is 0 Å². The molecule has 0 unspecified atom stereocenters. The number of para-hydroxylation sites is 1. The van der Waals surface area contributed by atoms with Crippen molar-refractivity contribution in [2.24, 2.45) is 0 Å². The molecule has 0 fully saturated rings. The summed E-state index contributed by atoms with van der Waals surface area (Å²) in [6.45, 7) is 0. The van der Waals surface area contributed by atoms with Crippen LogP contribution in [-0.2, 0) is 0 Å². The fraction of sp³-hybridized carbons (Fsp3) is 0. The molecular weight excluding hydrogens is 679 g/mol. The van der Waals surface area contributed by atoms with E-state index in [-0.39, 0.29) is 0 Å². The van der Waals surface area contributed by atoms with Gasteiger partial charge in [-0.15, -0.1) is 11.3 Å². The number of furan rings is 1. The van der Waals surface area contributed by atoms with E-state index in [9.17, 15) is 0 Å². The zero-order chi connectivity index (χ0) is 35.3. The van der Waals surface area contributed by atoms with Gasteiger partial charge >= 0.3 is 0 Å². The first kappa shape index (κ1) is 29.6. The van der Waals surface area contributed by atoms with Crippen molar-refractivity contribution < 1.29 is 4.42 Å². The molecule has 5 heteroatoms. The molecule has 54 heavy (non-hydrogen) atoms. The minimum Gasteiger partial charge on any atom is -0.456 e. The molecule has 1 aliphatic carbocycles. The van der Waals surface area contributed by atoms with Crippen molar-refractivity contribution in [3.63, 3.8) is 0 Å². The molecule has 3 aromatic heterocycles. The van der Waals surface area contributed by atoms with Gasteiger partial charge in [0.15, 0.2) is 17.5 Å². The third kappa shape index (κ3) is 4.27. The van der Waals surface area contributed by atoms with Gasteiger partial charge in [0.2, 0.25) is 0 Å². The molecule has 0 spiro atoms. The van der Waals surface area contributed by atoms with E-state index in [0.717, 1.165) is 44.2 Å². The Labute approximate surface area is 313 Å². The van der Waals surface area contributed by atoms with Crippen LogP contribution in [0.25, 0.3) is 120 Å². The number of hydrogen-bond acceptors (Lipinski definition) is 5. The van der Waals surface area contributed by atoms with E-state index in [4.69, 9.17) is 19.4 Å². The molecule has 4 nitrogen and oxygen atoms in total. The van der Waals surface area contributed by atoms with E-state index in [1.54, 1.807) is 0 Å². The average molecular weight is 706 g/mol. The third-order valence-electron chi connectivity index (χ3n) is 10.9. The highest BCUT2D eigenvalue weighted by Crippen LogP contribution is 2.53. The fourth-order valence-corrected chi connectivity index (χ4v) is 9.79. The summed E-state index contributed by atoms with van der Waals surface area (Å²) in [6.07, 6.45) is 0. The van der Waals surface area contributed by atoms with E-state index in [1.807, 2.05) is 72.0 Å². The average Bonchev–Trinajstić information content (AvgIpc) is 3.92. The normalized spacial score (nSPS) is 12.1. The second kappa shape index (κ2) is 11.3. The Morgan fingerprint density at radius 1 is 0.370 bits per heavy atom. The van der Waals surface area contributed by atoms with Crippen LogP contribution in [-0.4, -0.2) is 15.0 Å². The number of thiophene rings is 1. The summed E-state index contributed by atoms with van der Waals surface area (Å²) in [5.41, 5.74) is 12.2. The summed E-state index contributed by atoms with van der Waals surface area (Å²) in [5, 5.41) is 7.30. The van der Waals surface area contributed by atoms with Gasteiger partial charge in [-0.05, 0) is 56.8 Å². The molecule has 0 saturated heterocycles. The number of hydrogen-bond donors (Lipinski definition) is 0. The number of fused-ring (bicyclic) bond motifs is 10. The van der Waals surface area contributed by atoms with Crippen LogP contribution >= 0.6 is 11.3 Å². The molecule has 11 aromatic rings. The van der Waals surface area contributed by atoms with Crippen molar-refractivity contribution in [3.8, 4) is 67.5 Å². The van der Waals surface area contributed by atoms with Gasteiger partial charge < -0.3 is 4.42 Å². The molecule has 1 aliphatic rings. The lowest BCUT2D eigenvalue weighted by Crippen LogP contribution is -2.00. The van der Waals surface area contributed by atoms with Crippen molar-refractivity contribution in [1.29, 1.82) is 0 Å². The molecule has 12 rings (SSSR count). The Kier molecular flexibility index (Phi) is 6.18. The van der Waals surface area contributed by atoms with Crippen LogP contribution in [0.5, 0.6) is 0 Å². The topological polar surface area (TPSA) is 51.8 Å². The van der Waals surface area contributed by atoms with E-state index >= 15 is 0 Å². The van der Waals surface area contributed by atoms with Crippen molar-refractivity contribution in [3.05, 3.63) is 164 Å². The summed E-state index contributed by atoms with van der Waals surface area (Å²) in [6, 6.07) is 57.7. The van der Waals surface area contributed by atoms with Gasteiger partial charge in [0.25, 0.3) is 0 Å². The minimum atomic E-state index is 0.611. The predicted molar refractivity (Wildman–Crippen MR) is 224 cm³/mol. The van der Waals surface area contributed by atoms with Gasteiger partial charge in [-0.3, -0.25) is 0 Å². The van der Waals surface area contributed by atoms with Gasteiger partial charge in [0.05, 0.1) is 0 Å². The standard InChI is InChI=1S/C49H27N3OS/c1-2-10-30(11-3-1)47-50-48(52-49(51-47)38-18-8-20-40-43(38)35-14-4-5-19-39(35)53-40)31-24-22-28(23-25-31)32-15-9-21-41-44(32)37-27-26-34-33-16-6-12-29-13-7-17-36(42(29)33)45(34)46(37)54-41/h1-27H. The Bertz CT molecular complexity index is 3320. The maximum atomic E-state index is 6.23. The molecule has 0 amide bonds. The van der Waals surface area contributed by atoms with Gasteiger partial charge in [0, 0.05) is 53.2 Å². The number of nitrogens with zero attached hydrogens (tertiary/aromatic N) is 3. The summed E-state index contributed by atoms with van der Waals surface area (Å²) >= 11 is 1.90. The van der Waals surface area contributed by atoms with Crippen LogP contribution < -0.4 is 0 Å². The summed E-state index contributed by atoms with van der Waals surface area (Å²) in [4.78, 5) is 15.2. The second-order valence-corrected chi connectivity index (χ2v) is 14.9. The van der Waals surface area contributed by atoms with Crippen molar-refractivity contribution in [1.82, 2.24) is 15.0 Å². The quantitative estimate of drug-likeness (QED) is 0.183. The van der Waals surface area contributed by atoms with E-state index in [1.165, 1.54) is 58.8 Å². The zero-order valence-corrected chi connectivity index (χ0v) is 29.6. The largest absolute Gasteiger partial charge is 0.456 e. The highest BCUT2D eigenvalue weighted by molar-refractivity contribution is 7.26. The van der Waals surface area contributed by atoms with Crippen LogP contribution in [0.4, 0.5) is 0 Å². The molecule has 3 heterocycles. The number of rotatable bonds is 4. The van der Waals surface area contributed by atoms with E-state index in [0.29, 0.717) is 17.5 Å². The highest BCUT2D eigenvalue weighted by atomic mass is 32.1. The smallest absolute Gasteiger partial charge is 0.164 e. The maximum Gasteiger partial charge on any atom is 0.164 e. The van der Waals surface area contributed by atoms with Crippen LogP contribution in [0.3, 0.4) is 0 Å². The third-order valence-corrected chi connectivity index (χ3v) is 12.1. The Morgan fingerprint density at radius 3 is 1.87 bits per heavy atom. The van der Waals surface area contributed by atoms with Gasteiger partial charge in [-0.2, -0.15) is 0 Å². The van der Waals surface area contributed by atoms with Crippen molar-refractivity contribution in [2.75, 3.05) is 0 Å². The molecule has 0 saturated carbocycles. The van der Waals surface area contributed by atoms with Crippen LogP contribution in [0.1, 0.15) is 0 Å². The first-order valence-corrected chi connectivity index (χ1v) is 18.9. The van der Waals surface area contributed by atoms with E-state index < -0.39 is 0 Å². The van der Waals surface area contributed by atoms with Gasteiger partial charge in [-0.25, -0.2) is 15.0 Å². The monoisotopic (exact) mass is 705 g/mol. The molecule has 0 N–H and O–H groups in total. The minimum absolute atomic E-state index is 0.611. The SMILES string of the molecule is c1ccc(-c2nc(-c3ccc(-c4cccc5sc6c7c(ccc6c45)-c4cccc5cccc-7c45)cc3)nc(-c3cccc4oc5ccccc5c34)n2)cc1. The zero-order valence-electron chi connectivity index (χ0n) is 28.7. The number of aromatic nitrogens is 3. The molecular formula is C49H27N3OS. The van der Waals surface area contributed by atoms with Crippen molar-refractivity contribution in [2.45, 2.75) is 0 Å². The molecule has 0 aliphatic heterocycles. The van der Waals surface area contributed by atoms with Crippen LogP contribution in [0.15, 0.2) is 168 Å². The van der Waals surface area contributed by atoms with Gasteiger partial charge in [0.1, 0.15) is 11.2 Å². The Hall–Kier alpha value is -6.95. The van der Waals surface area contributed by atoms with Gasteiger partial charge in [-0.1, -0.05) is 146 Å². The lowest BCUT2D eigenvalue weighted by Gasteiger charge is -2.10. The molecule has 0 atom stereocenters. The Balaban J connectivity index is 1.00. The molecule has 0 radical (unpaired) electrons. The molecule has 250 valence electrons. The summed E-state index contributed by atoms with van der Waals surface area (Å²) in [5.74, 6) is 1.86. The fourth-order valence-electron chi connectivity index (χ4n) is 8.50. The lowest BCUT2D eigenvalue weighted by molar-refractivity contribution is 0.669. The molecule has 8 aromatic carbocycles.